The molecule has 0 aliphatic heterocycles. The van der Waals surface area contributed by atoms with Gasteiger partial charge in [0, 0.05) is 33.2 Å². The van der Waals surface area contributed by atoms with Crippen LogP contribution in [0.3, 0.4) is 0 Å². The molecule has 38 heavy (non-hydrogen) atoms. The van der Waals surface area contributed by atoms with Gasteiger partial charge in [0.05, 0.1) is 0 Å². The van der Waals surface area contributed by atoms with E-state index in [1.165, 1.54) is 5.56 Å². The van der Waals surface area contributed by atoms with Crippen LogP contribution >= 0.6 is 0 Å². The standard InChI is InChI=1S/C30H27N2O.BF4/c1-25-22-23-31(24-26-14-6-2-7-15-26)32(25)33-30(27-16-8-3-9-17-27,28-18-10-4-11-19-28)29-20-12-5-13-21-29;2-1(3,4)5/h2-23H,24H2,1H3;/q+1;-1. The summed E-state index contributed by atoms with van der Waals surface area (Å²) in [5.41, 5.74) is 4.63. The summed E-state index contributed by atoms with van der Waals surface area (Å²) in [5, 5.41) is 0. The van der Waals surface area contributed by atoms with Crippen LogP contribution in [0, 0.1) is 6.92 Å². The van der Waals surface area contributed by atoms with Crippen molar-refractivity contribution in [1.82, 2.24) is 4.85 Å². The Bertz CT molecular complexity index is 1310. The Balaban J connectivity index is 0.000000617. The Hall–Kier alpha value is -4.33. The largest absolute Gasteiger partial charge is 0.673 e. The minimum absolute atomic E-state index is 0.711. The summed E-state index contributed by atoms with van der Waals surface area (Å²) in [6.07, 6.45) is 2.08. The molecule has 0 spiro atoms. The molecule has 5 aromatic rings. The summed E-state index contributed by atoms with van der Waals surface area (Å²) in [5.74, 6) is 0. The molecule has 5 rings (SSSR count). The second-order valence-electron chi connectivity index (χ2n) is 8.68. The number of benzene rings is 4. The predicted molar refractivity (Wildman–Crippen MR) is 141 cm³/mol. The number of halogens is 4. The quantitative estimate of drug-likeness (QED) is 0.0998. The van der Waals surface area contributed by atoms with Crippen LogP contribution in [0.25, 0.3) is 0 Å². The van der Waals surface area contributed by atoms with Gasteiger partial charge in [-0.25, -0.2) is 0 Å². The predicted octanol–water partition coefficient (Wildman–Crippen LogP) is 6.85. The molecule has 0 radical (unpaired) electrons. The van der Waals surface area contributed by atoms with Gasteiger partial charge in [0.1, 0.15) is 5.69 Å². The van der Waals surface area contributed by atoms with E-state index in [1.54, 1.807) is 0 Å². The van der Waals surface area contributed by atoms with Gasteiger partial charge in [-0.3, -0.25) is 0 Å². The van der Waals surface area contributed by atoms with Crippen molar-refractivity contribution in [3.05, 3.63) is 162 Å². The van der Waals surface area contributed by atoms with Gasteiger partial charge < -0.3 is 22.1 Å². The zero-order valence-electron chi connectivity index (χ0n) is 20.8. The van der Waals surface area contributed by atoms with Crippen LogP contribution in [0.5, 0.6) is 0 Å². The first-order chi connectivity index (χ1) is 18.3. The lowest BCUT2D eigenvalue weighted by Gasteiger charge is -2.34. The van der Waals surface area contributed by atoms with Crippen LogP contribution in [0.4, 0.5) is 17.3 Å². The van der Waals surface area contributed by atoms with Crippen LogP contribution in [0.15, 0.2) is 134 Å². The lowest BCUT2D eigenvalue weighted by Crippen LogP contribution is -2.53. The number of hydrogen-bond donors (Lipinski definition) is 0. The summed E-state index contributed by atoms with van der Waals surface area (Å²) in [6, 6.07) is 43.9. The molecule has 0 saturated carbocycles. The van der Waals surface area contributed by atoms with Crippen LogP contribution in [0.1, 0.15) is 27.9 Å². The maximum Gasteiger partial charge on any atom is 0.673 e. The van der Waals surface area contributed by atoms with Crippen molar-refractivity contribution in [2.45, 2.75) is 19.1 Å². The van der Waals surface area contributed by atoms with Gasteiger partial charge in [-0.05, 0) is 6.92 Å². The molecule has 1 heterocycles. The van der Waals surface area contributed by atoms with Crippen molar-refractivity contribution in [2.75, 3.05) is 0 Å². The molecule has 0 unspecified atom stereocenters. The molecule has 0 aliphatic carbocycles. The molecular weight excluding hydrogens is 491 g/mol. The third-order valence-electron chi connectivity index (χ3n) is 5.97. The first-order valence-corrected chi connectivity index (χ1v) is 12.1. The molecule has 8 heteroatoms. The van der Waals surface area contributed by atoms with E-state index in [1.807, 2.05) is 29.1 Å². The van der Waals surface area contributed by atoms with E-state index >= 15 is 0 Å². The van der Waals surface area contributed by atoms with Crippen molar-refractivity contribution in [3.8, 4) is 0 Å². The minimum atomic E-state index is -6.00. The highest BCUT2D eigenvalue weighted by Crippen LogP contribution is 2.38. The lowest BCUT2D eigenvalue weighted by atomic mass is 9.80. The molecule has 0 atom stereocenters. The average Bonchev–Trinajstić information content (AvgIpc) is 3.26. The molecule has 1 aromatic heterocycles. The third-order valence-corrected chi connectivity index (χ3v) is 5.97. The third kappa shape index (κ3) is 6.51. The van der Waals surface area contributed by atoms with Crippen LogP contribution in [-0.4, -0.2) is 12.1 Å². The highest BCUT2D eigenvalue weighted by atomic mass is 19.5. The van der Waals surface area contributed by atoms with E-state index in [0.717, 1.165) is 22.4 Å². The number of hydrogen-bond acceptors (Lipinski definition) is 1. The van der Waals surface area contributed by atoms with Gasteiger partial charge >= 0.3 is 7.25 Å². The fourth-order valence-electron chi connectivity index (χ4n) is 4.34. The van der Waals surface area contributed by atoms with Crippen molar-refractivity contribution in [1.29, 1.82) is 0 Å². The van der Waals surface area contributed by atoms with Gasteiger partial charge in [0.15, 0.2) is 6.20 Å². The second kappa shape index (κ2) is 11.8. The molecule has 0 bridgehead atoms. The van der Waals surface area contributed by atoms with E-state index in [2.05, 4.69) is 121 Å². The second-order valence-corrected chi connectivity index (χ2v) is 8.68. The van der Waals surface area contributed by atoms with Crippen molar-refractivity contribution in [2.24, 2.45) is 0 Å². The Kier molecular flexibility index (Phi) is 8.31. The van der Waals surface area contributed by atoms with E-state index < -0.39 is 12.9 Å². The van der Waals surface area contributed by atoms with Gasteiger partial charge in [0.25, 0.3) is 0 Å². The number of nitrogens with zero attached hydrogens (tertiary/aromatic N) is 2. The molecule has 3 nitrogen and oxygen atoms in total. The van der Waals surface area contributed by atoms with Crippen LogP contribution < -0.4 is 9.52 Å². The first-order valence-electron chi connectivity index (χ1n) is 12.1. The number of aromatic nitrogens is 2. The van der Waals surface area contributed by atoms with Crippen LogP contribution in [-0.2, 0) is 12.1 Å². The maximum atomic E-state index is 9.75. The Morgan fingerprint density at radius 3 is 1.39 bits per heavy atom. The van der Waals surface area contributed by atoms with Gasteiger partial charge in [-0.15, -0.1) is 0 Å². The van der Waals surface area contributed by atoms with Crippen molar-refractivity contribution >= 4 is 7.25 Å². The van der Waals surface area contributed by atoms with Crippen LogP contribution in [0.2, 0.25) is 0 Å². The topological polar surface area (TPSA) is 18.0 Å². The fraction of sp³-hybridized carbons (Fsp3) is 0.100. The molecule has 0 aliphatic rings. The van der Waals surface area contributed by atoms with E-state index in [0.29, 0.717) is 6.54 Å². The maximum absolute atomic E-state index is 9.75. The smallest absolute Gasteiger partial charge is 0.418 e. The monoisotopic (exact) mass is 518 g/mol. The number of aryl methyl sites for hydroxylation is 1. The Labute approximate surface area is 219 Å². The molecule has 0 N–H and O–H groups in total. The highest BCUT2D eigenvalue weighted by Gasteiger charge is 2.42. The van der Waals surface area contributed by atoms with E-state index in [4.69, 9.17) is 4.84 Å². The molecule has 194 valence electrons. The normalized spacial score (nSPS) is 11.4. The van der Waals surface area contributed by atoms with Crippen molar-refractivity contribution in [3.63, 3.8) is 0 Å². The molecule has 0 saturated heterocycles. The summed E-state index contributed by atoms with van der Waals surface area (Å²) < 4.78 is 41.1. The molecule has 0 amide bonds. The summed E-state index contributed by atoms with van der Waals surface area (Å²) in [4.78, 5) is 9.04. The fourth-order valence-corrected chi connectivity index (χ4v) is 4.34. The molecule has 4 aromatic carbocycles. The molecule has 0 fully saturated rings. The minimum Gasteiger partial charge on any atom is -0.418 e. The zero-order chi connectivity index (χ0) is 27.0. The summed E-state index contributed by atoms with van der Waals surface area (Å²) in [7, 11) is -6.00. The zero-order valence-corrected chi connectivity index (χ0v) is 20.8. The summed E-state index contributed by atoms with van der Waals surface area (Å²) in [6.45, 7) is 2.79. The first kappa shape index (κ1) is 26.7. The Morgan fingerprint density at radius 2 is 1.00 bits per heavy atom. The van der Waals surface area contributed by atoms with E-state index in [-0.39, 0.29) is 0 Å². The van der Waals surface area contributed by atoms with E-state index in [9.17, 15) is 17.3 Å². The van der Waals surface area contributed by atoms with Gasteiger partial charge in [-0.2, -0.15) is 0 Å². The lowest BCUT2D eigenvalue weighted by molar-refractivity contribution is -0.795. The van der Waals surface area contributed by atoms with Gasteiger partial charge in [0.2, 0.25) is 12.1 Å². The Morgan fingerprint density at radius 1 is 0.632 bits per heavy atom. The van der Waals surface area contributed by atoms with Gasteiger partial charge in [-0.1, -0.05) is 126 Å². The van der Waals surface area contributed by atoms with Crippen molar-refractivity contribution < 1.29 is 26.8 Å². The summed E-state index contributed by atoms with van der Waals surface area (Å²) >= 11 is 0. The molecular formula is C30H27BF4N2O. The highest BCUT2D eigenvalue weighted by molar-refractivity contribution is 6.50. The average molecular weight is 518 g/mol. The SMILES string of the molecule is Cc1cc[n+](Cc2ccccc2)n1OC(c1ccccc1)(c1ccccc1)c1ccccc1.F[B-](F)(F)F. The number of rotatable bonds is 7.